The topological polar surface area (TPSA) is 74.7 Å². The Morgan fingerprint density at radius 1 is 0.833 bits per heavy atom. The van der Waals surface area contributed by atoms with Crippen LogP contribution < -0.4 is 0 Å². The summed E-state index contributed by atoms with van der Waals surface area (Å²) in [4.78, 5) is 21.9. The molecule has 0 aliphatic carbocycles. The minimum atomic E-state index is -1.14. The lowest BCUT2D eigenvalue weighted by molar-refractivity contribution is -0.129. The Bertz CT molecular complexity index is 1420. The molecule has 0 atom stereocenters. The molecule has 1 aromatic heterocycles. The molecule has 0 aliphatic rings. The number of hydrogen-bond donors (Lipinski definition) is 2. The number of fused-ring (bicyclic) bond motifs is 1. The smallest absolute Gasteiger partial charge is 0.354 e. The number of carboxylic acid groups (broad SMARTS) is 1. The Hall–Kier alpha value is -4.16. The molecule has 5 nitrogen and oxygen atoms in total. The molecular formula is C30H23BrN2O3. The lowest BCUT2D eigenvalue weighted by atomic mass is 9.80. The Kier molecular flexibility index (Phi) is 6.69. The second-order valence-electron chi connectivity index (χ2n) is 8.39. The number of carboxylic acids is 1. The highest BCUT2D eigenvalue weighted by molar-refractivity contribution is 9.10. The maximum atomic E-state index is 12.3. The molecule has 5 aromatic rings. The van der Waals surface area contributed by atoms with Crippen molar-refractivity contribution in [2.45, 2.75) is 12.0 Å². The highest BCUT2D eigenvalue weighted by atomic mass is 79.9. The number of aromatic amines is 1. The Morgan fingerprint density at radius 3 is 1.86 bits per heavy atom. The predicted molar refractivity (Wildman–Crippen MR) is 145 cm³/mol. The van der Waals surface area contributed by atoms with E-state index in [1.165, 1.54) is 0 Å². The monoisotopic (exact) mass is 538 g/mol. The number of halogens is 1. The van der Waals surface area contributed by atoms with Crippen LogP contribution in [-0.4, -0.2) is 21.8 Å². The Labute approximate surface area is 217 Å². The van der Waals surface area contributed by atoms with Gasteiger partial charge in [0, 0.05) is 44.7 Å². The first-order valence-corrected chi connectivity index (χ1v) is 12.3. The minimum Gasteiger partial charge on any atom is -0.477 e. The zero-order chi connectivity index (χ0) is 25.0. The predicted octanol–water partition coefficient (Wildman–Crippen LogP) is 6.92. The minimum absolute atomic E-state index is 0.0917. The summed E-state index contributed by atoms with van der Waals surface area (Å²) >= 11 is 3.47. The van der Waals surface area contributed by atoms with Gasteiger partial charge in [0.1, 0.15) is 0 Å². The van der Waals surface area contributed by atoms with Gasteiger partial charge in [0.15, 0.2) is 5.71 Å². The van der Waals surface area contributed by atoms with Crippen molar-refractivity contribution in [3.63, 3.8) is 0 Å². The van der Waals surface area contributed by atoms with Gasteiger partial charge in [-0.25, -0.2) is 4.79 Å². The lowest BCUT2D eigenvalue weighted by Crippen LogP contribution is -2.32. The van der Waals surface area contributed by atoms with E-state index in [0.29, 0.717) is 0 Å². The number of hydrogen-bond acceptors (Lipinski definition) is 3. The third-order valence-electron chi connectivity index (χ3n) is 6.17. The van der Waals surface area contributed by atoms with Crippen molar-refractivity contribution in [1.82, 2.24) is 4.98 Å². The fourth-order valence-corrected chi connectivity index (χ4v) is 4.79. The zero-order valence-electron chi connectivity index (χ0n) is 19.3. The van der Waals surface area contributed by atoms with Gasteiger partial charge in [-0.15, -0.1) is 0 Å². The van der Waals surface area contributed by atoms with E-state index in [1.54, 1.807) is 0 Å². The second-order valence-corrected chi connectivity index (χ2v) is 9.31. The molecule has 0 aliphatic heterocycles. The van der Waals surface area contributed by atoms with Crippen molar-refractivity contribution in [3.8, 4) is 0 Å². The Morgan fingerprint density at radius 2 is 1.36 bits per heavy atom. The molecule has 5 rings (SSSR count). The summed E-state index contributed by atoms with van der Waals surface area (Å²) in [5.41, 5.74) is 3.03. The van der Waals surface area contributed by atoms with E-state index in [-0.39, 0.29) is 12.1 Å². The van der Waals surface area contributed by atoms with E-state index >= 15 is 0 Å². The standard InChI is InChI=1S/C30H23BrN2O3/c31-25-16-17-26-21(20-32-27(26)19-25)18-28(29(34)35)33-36-30(22-10-4-1-5-11-22,23-12-6-2-7-13-23)24-14-8-3-9-15-24/h1-17,19-20,32H,18H2,(H,34,35)/b33-28+. The molecule has 1 heterocycles. The molecule has 0 radical (unpaired) electrons. The van der Waals surface area contributed by atoms with Crippen molar-refractivity contribution in [1.29, 1.82) is 0 Å². The van der Waals surface area contributed by atoms with Crippen LogP contribution in [0.1, 0.15) is 22.3 Å². The SMILES string of the molecule is O=C(O)/C(Cc1c[nH]c2cc(Br)ccc12)=N/OC(c1ccccc1)(c1ccccc1)c1ccccc1. The average Bonchev–Trinajstić information content (AvgIpc) is 3.31. The van der Waals surface area contributed by atoms with Gasteiger partial charge < -0.3 is 14.9 Å². The van der Waals surface area contributed by atoms with Gasteiger partial charge in [0.25, 0.3) is 0 Å². The number of aliphatic carboxylic acids is 1. The van der Waals surface area contributed by atoms with Crippen LogP contribution in [0.15, 0.2) is 125 Å². The second kappa shape index (κ2) is 10.2. The zero-order valence-corrected chi connectivity index (χ0v) is 20.9. The molecule has 178 valence electrons. The summed E-state index contributed by atoms with van der Waals surface area (Å²) in [7, 11) is 0. The number of benzene rings is 4. The van der Waals surface area contributed by atoms with E-state index in [2.05, 4.69) is 26.1 Å². The van der Waals surface area contributed by atoms with E-state index in [9.17, 15) is 9.90 Å². The summed E-state index contributed by atoms with van der Waals surface area (Å²) in [6.07, 6.45) is 1.92. The number of H-pyrrole nitrogens is 1. The van der Waals surface area contributed by atoms with Crippen molar-refractivity contribution in [2.75, 3.05) is 0 Å². The summed E-state index contributed by atoms with van der Waals surface area (Å²) in [5, 5.41) is 15.3. The van der Waals surface area contributed by atoms with Gasteiger partial charge in [-0.2, -0.15) is 0 Å². The van der Waals surface area contributed by atoms with Gasteiger partial charge in [0.2, 0.25) is 5.60 Å². The van der Waals surface area contributed by atoms with Crippen LogP contribution in [0.25, 0.3) is 10.9 Å². The molecule has 0 spiro atoms. The largest absolute Gasteiger partial charge is 0.477 e. The van der Waals surface area contributed by atoms with Crippen LogP contribution in [0.4, 0.5) is 0 Å². The van der Waals surface area contributed by atoms with Crippen LogP contribution in [0.5, 0.6) is 0 Å². The molecule has 36 heavy (non-hydrogen) atoms. The first-order chi connectivity index (χ1) is 17.6. The molecule has 0 amide bonds. The van der Waals surface area contributed by atoms with Gasteiger partial charge in [-0.05, 0) is 17.7 Å². The maximum absolute atomic E-state index is 12.3. The number of rotatable bonds is 8. The number of nitrogens with zero attached hydrogens (tertiary/aromatic N) is 1. The van der Waals surface area contributed by atoms with Crippen LogP contribution in [0.3, 0.4) is 0 Å². The number of carbonyl (C=O) groups is 1. The lowest BCUT2D eigenvalue weighted by Gasteiger charge is -2.33. The van der Waals surface area contributed by atoms with Crippen LogP contribution in [-0.2, 0) is 21.7 Å². The van der Waals surface area contributed by atoms with Crippen molar-refractivity contribution < 1.29 is 14.7 Å². The molecule has 0 bridgehead atoms. The maximum Gasteiger partial charge on any atom is 0.354 e. The van der Waals surface area contributed by atoms with Crippen LogP contribution in [0, 0.1) is 0 Å². The molecule has 0 saturated carbocycles. The summed E-state index contributed by atoms with van der Waals surface area (Å²) in [6, 6.07) is 35.1. The highest BCUT2D eigenvalue weighted by Crippen LogP contribution is 2.40. The summed E-state index contributed by atoms with van der Waals surface area (Å²) < 4.78 is 0.942. The molecule has 0 saturated heterocycles. The number of oxime groups is 1. The molecule has 2 N–H and O–H groups in total. The first-order valence-electron chi connectivity index (χ1n) is 11.5. The van der Waals surface area contributed by atoms with E-state index < -0.39 is 11.6 Å². The molecule has 0 unspecified atom stereocenters. The highest BCUT2D eigenvalue weighted by Gasteiger charge is 2.40. The molecule has 6 heteroatoms. The van der Waals surface area contributed by atoms with Crippen LogP contribution in [0.2, 0.25) is 0 Å². The average molecular weight is 539 g/mol. The quantitative estimate of drug-likeness (QED) is 0.128. The molecule has 4 aromatic carbocycles. The van der Waals surface area contributed by atoms with Gasteiger partial charge in [0.05, 0.1) is 0 Å². The first kappa shape index (κ1) is 23.6. The van der Waals surface area contributed by atoms with E-state index in [4.69, 9.17) is 4.84 Å². The van der Waals surface area contributed by atoms with E-state index in [1.807, 2.05) is 115 Å². The third-order valence-corrected chi connectivity index (χ3v) is 6.66. The van der Waals surface area contributed by atoms with Crippen molar-refractivity contribution in [3.05, 3.63) is 142 Å². The normalized spacial score (nSPS) is 12.0. The molecule has 0 fully saturated rings. The van der Waals surface area contributed by atoms with Gasteiger partial charge >= 0.3 is 5.97 Å². The number of aromatic nitrogens is 1. The van der Waals surface area contributed by atoms with Crippen molar-refractivity contribution >= 4 is 38.5 Å². The van der Waals surface area contributed by atoms with Gasteiger partial charge in [-0.3, -0.25) is 0 Å². The van der Waals surface area contributed by atoms with Crippen LogP contribution >= 0.6 is 15.9 Å². The third kappa shape index (κ3) is 4.55. The molecular weight excluding hydrogens is 516 g/mol. The number of nitrogens with one attached hydrogen (secondary N) is 1. The van der Waals surface area contributed by atoms with Crippen molar-refractivity contribution in [2.24, 2.45) is 5.16 Å². The fraction of sp³-hybridized carbons (Fsp3) is 0.0667. The fourth-order valence-electron chi connectivity index (χ4n) is 4.43. The summed E-state index contributed by atoms with van der Waals surface area (Å²) in [6.45, 7) is 0. The van der Waals surface area contributed by atoms with E-state index in [0.717, 1.165) is 37.6 Å². The Balaban J connectivity index is 1.63. The summed E-state index contributed by atoms with van der Waals surface area (Å²) in [5.74, 6) is -1.13. The van der Waals surface area contributed by atoms with Gasteiger partial charge in [-0.1, -0.05) is 118 Å².